The summed E-state index contributed by atoms with van der Waals surface area (Å²) in [7, 11) is 0. The van der Waals surface area contributed by atoms with Crippen LogP contribution in [0.15, 0.2) is 0 Å². The Morgan fingerprint density at radius 2 is 0.365 bits per heavy atom. The number of hydrogen-bond donors (Lipinski definition) is 0. The van der Waals surface area contributed by atoms with Gasteiger partial charge in [0, 0.05) is 19.3 Å². The Kier molecular flexibility index (Phi) is 62.6. The van der Waals surface area contributed by atoms with Crippen molar-refractivity contribution in [2.75, 3.05) is 13.2 Å². The predicted molar refractivity (Wildman–Crippen MR) is 321 cm³/mol. The van der Waals surface area contributed by atoms with Gasteiger partial charge >= 0.3 is 17.9 Å². The first-order chi connectivity index (χ1) is 36.5. The number of rotatable bonds is 64. The van der Waals surface area contributed by atoms with Crippen LogP contribution >= 0.6 is 0 Å². The molecule has 6 heteroatoms. The monoisotopic (exact) mass is 1050 g/mol. The van der Waals surface area contributed by atoms with Crippen LogP contribution in [-0.2, 0) is 28.6 Å². The fraction of sp³-hybridized carbons (Fsp3) is 0.956. The highest BCUT2D eigenvalue weighted by Crippen LogP contribution is 2.19. The van der Waals surface area contributed by atoms with Gasteiger partial charge in [0.1, 0.15) is 13.2 Å². The smallest absolute Gasteiger partial charge is 0.306 e. The standard InChI is InChI=1S/C68H132O6/c1-4-7-10-13-16-19-21-23-25-27-29-30-31-32-33-34-35-36-37-38-39-40-42-43-45-47-49-52-55-58-61-67(70)73-64-65(63-72-66(69)60-57-54-51-18-15-12-9-6-3)74-68(71)62-59-56-53-50-48-46-44-41-28-26-24-22-20-17-14-11-8-5-2/h65H,4-64H2,1-3H3. The zero-order valence-electron chi connectivity index (χ0n) is 50.7. The molecule has 0 saturated carbocycles. The molecule has 0 aliphatic rings. The lowest BCUT2D eigenvalue weighted by Gasteiger charge is -2.18. The molecule has 0 fully saturated rings. The van der Waals surface area contributed by atoms with Gasteiger partial charge in [0.2, 0.25) is 0 Å². The Bertz CT molecular complexity index is 1110. The van der Waals surface area contributed by atoms with Crippen molar-refractivity contribution in [2.24, 2.45) is 0 Å². The van der Waals surface area contributed by atoms with Gasteiger partial charge in [0.05, 0.1) is 0 Å². The number of unbranched alkanes of at least 4 members (excludes halogenated alkanes) is 53. The van der Waals surface area contributed by atoms with Crippen molar-refractivity contribution in [1.82, 2.24) is 0 Å². The average molecular weight is 1050 g/mol. The lowest BCUT2D eigenvalue weighted by Crippen LogP contribution is -2.30. The minimum atomic E-state index is -0.761. The summed E-state index contributed by atoms with van der Waals surface area (Å²) in [4.78, 5) is 38.1. The molecule has 1 unspecified atom stereocenters. The molecule has 0 aromatic carbocycles. The SMILES string of the molecule is CCCCCCCCCCCCCCCCCCCCCCCCCCCCCCCCC(=O)OCC(COC(=O)CCCCCCCCCC)OC(=O)CCCCCCCCCCCCCCCCCCCC. The topological polar surface area (TPSA) is 78.9 Å². The Morgan fingerprint density at radius 3 is 0.541 bits per heavy atom. The van der Waals surface area contributed by atoms with E-state index in [1.54, 1.807) is 0 Å². The van der Waals surface area contributed by atoms with Crippen molar-refractivity contribution in [3.05, 3.63) is 0 Å². The van der Waals surface area contributed by atoms with E-state index in [-0.39, 0.29) is 31.1 Å². The third kappa shape index (κ3) is 61.3. The summed E-state index contributed by atoms with van der Waals surface area (Å²) in [6.07, 6.45) is 74.4. The van der Waals surface area contributed by atoms with Gasteiger partial charge in [-0.1, -0.05) is 361 Å². The van der Waals surface area contributed by atoms with Gasteiger partial charge in [-0.15, -0.1) is 0 Å². The number of ether oxygens (including phenoxy) is 3. The van der Waals surface area contributed by atoms with Crippen molar-refractivity contribution < 1.29 is 28.6 Å². The molecule has 0 radical (unpaired) electrons. The van der Waals surface area contributed by atoms with Crippen LogP contribution in [0, 0.1) is 0 Å². The third-order valence-electron chi connectivity index (χ3n) is 15.9. The second-order valence-electron chi connectivity index (χ2n) is 23.5. The van der Waals surface area contributed by atoms with E-state index in [4.69, 9.17) is 14.2 Å². The molecule has 1 atom stereocenters. The average Bonchev–Trinajstić information content (AvgIpc) is 3.40. The summed E-state index contributed by atoms with van der Waals surface area (Å²) in [6, 6.07) is 0. The maximum Gasteiger partial charge on any atom is 0.306 e. The van der Waals surface area contributed by atoms with Crippen LogP contribution in [0.5, 0.6) is 0 Å². The first-order valence-electron chi connectivity index (χ1n) is 34.0. The van der Waals surface area contributed by atoms with E-state index in [1.807, 2.05) is 0 Å². The second-order valence-corrected chi connectivity index (χ2v) is 23.5. The van der Waals surface area contributed by atoms with Gasteiger partial charge in [-0.3, -0.25) is 14.4 Å². The summed E-state index contributed by atoms with van der Waals surface area (Å²) in [5.41, 5.74) is 0. The third-order valence-corrected chi connectivity index (χ3v) is 15.9. The minimum Gasteiger partial charge on any atom is -0.462 e. The summed E-state index contributed by atoms with van der Waals surface area (Å²) in [6.45, 7) is 6.70. The molecule has 440 valence electrons. The Labute approximate surface area is 463 Å². The highest BCUT2D eigenvalue weighted by atomic mass is 16.6. The zero-order chi connectivity index (χ0) is 53.6. The number of esters is 3. The Hall–Kier alpha value is -1.59. The lowest BCUT2D eigenvalue weighted by molar-refractivity contribution is -0.167. The van der Waals surface area contributed by atoms with Crippen molar-refractivity contribution in [1.29, 1.82) is 0 Å². The molecule has 0 rings (SSSR count). The van der Waals surface area contributed by atoms with Crippen LogP contribution in [0.2, 0.25) is 0 Å². The number of hydrogen-bond acceptors (Lipinski definition) is 6. The van der Waals surface area contributed by atoms with Crippen LogP contribution in [-0.4, -0.2) is 37.2 Å². The van der Waals surface area contributed by atoms with E-state index in [0.717, 1.165) is 57.8 Å². The maximum absolute atomic E-state index is 12.9. The molecule has 0 heterocycles. The van der Waals surface area contributed by atoms with Gasteiger partial charge in [-0.05, 0) is 19.3 Å². The van der Waals surface area contributed by atoms with Crippen molar-refractivity contribution in [3.8, 4) is 0 Å². The normalized spacial score (nSPS) is 11.9. The molecule has 0 N–H and O–H groups in total. The van der Waals surface area contributed by atoms with Crippen LogP contribution in [0.1, 0.15) is 400 Å². The van der Waals surface area contributed by atoms with Crippen molar-refractivity contribution in [2.45, 2.75) is 406 Å². The van der Waals surface area contributed by atoms with Crippen molar-refractivity contribution in [3.63, 3.8) is 0 Å². The molecule has 0 saturated heterocycles. The maximum atomic E-state index is 12.9. The van der Waals surface area contributed by atoms with Gasteiger partial charge in [0.15, 0.2) is 6.10 Å². The fourth-order valence-electron chi connectivity index (χ4n) is 10.7. The van der Waals surface area contributed by atoms with Crippen molar-refractivity contribution >= 4 is 17.9 Å². The van der Waals surface area contributed by atoms with Crippen LogP contribution in [0.3, 0.4) is 0 Å². The van der Waals surface area contributed by atoms with Crippen LogP contribution < -0.4 is 0 Å². The molecule has 0 aliphatic carbocycles. The van der Waals surface area contributed by atoms with Crippen LogP contribution in [0.4, 0.5) is 0 Å². The first-order valence-corrected chi connectivity index (χ1v) is 34.0. The van der Waals surface area contributed by atoms with E-state index in [0.29, 0.717) is 19.3 Å². The zero-order valence-corrected chi connectivity index (χ0v) is 50.7. The lowest BCUT2D eigenvalue weighted by atomic mass is 10.0. The highest BCUT2D eigenvalue weighted by molar-refractivity contribution is 5.71. The number of carbonyl (C=O) groups is 3. The Balaban J connectivity index is 3.99. The molecule has 0 aromatic heterocycles. The summed E-state index contributed by atoms with van der Waals surface area (Å²) in [5.74, 6) is -0.833. The molecule has 6 nitrogen and oxygen atoms in total. The molecule has 0 aliphatic heterocycles. The van der Waals surface area contributed by atoms with E-state index < -0.39 is 6.10 Å². The molecule has 0 spiro atoms. The largest absolute Gasteiger partial charge is 0.462 e. The summed E-state index contributed by atoms with van der Waals surface area (Å²) >= 11 is 0. The quantitative estimate of drug-likeness (QED) is 0.0343. The number of carbonyl (C=O) groups excluding carboxylic acids is 3. The molecule has 0 amide bonds. The van der Waals surface area contributed by atoms with Crippen LogP contribution in [0.25, 0.3) is 0 Å². The molecule has 0 aromatic rings. The molecular weight excluding hydrogens is 913 g/mol. The highest BCUT2D eigenvalue weighted by Gasteiger charge is 2.19. The van der Waals surface area contributed by atoms with E-state index in [9.17, 15) is 14.4 Å². The second kappa shape index (κ2) is 63.9. The molecule has 0 bridgehead atoms. The molecular formula is C68H132O6. The predicted octanol–water partition coefficient (Wildman–Crippen LogP) is 23.1. The van der Waals surface area contributed by atoms with Gasteiger partial charge in [0.25, 0.3) is 0 Å². The summed E-state index contributed by atoms with van der Waals surface area (Å²) in [5, 5.41) is 0. The van der Waals surface area contributed by atoms with Gasteiger partial charge in [-0.25, -0.2) is 0 Å². The molecule has 74 heavy (non-hydrogen) atoms. The van der Waals surface area contributed by atoms with Gasteiger partial charge in [-0.2, -0.15) is 0 Å². The van der Waals surface area contributed by atoms with E-state index in [1.165, 1.54) is 302 Å². The Morgan fingerprint density at radius 1 is 0.216 bits per heavy atom. The van der Waals surface area contributed by atoms with E-state index >= 15 is 0 Å². The van der Waals surface area contributed by atoms with Gasteiger partial charge < -0.3 is 14.2 Å². The fourth-order valence-corrected chi connectivity index (χ4v) is 10.7. The first kappa shape index (κ1) is 72.4. The van der Waals surface area contributed by atoms with E-state index in [2.05, 4.69) is 20.8 Å². The minimum absolute atomic E-state index is 0.0612. The summed E-state index contributed by atoms with van der Waals surface area (Å²) < 4.78 is 16.9.